The van der Waals surface area contributed by atoms with Crippen molar-refractivity contribution in [2.24, 2.45) is 0 Å². The van der Waals surface area contributed by atoms with Crippen molar-refractivity contribution in [1.82, 2.24) is 10.2 Å². The highest BCUT2D eigenvalue weighted by Crippen LogP contribution is 2.27. The lowest BCUT2D eigenvalue weighted by Gasteiger charge is -2.30. The monoisotopic (exact) mass is 350 g/mol. The second kappa shape index (κ2) is 9.06. The molecule has 1 amide bonds. The Morgan fingerprint density at radius 3 is 2.57 bits per heavy atom. The summed E-state index contributed by atoms with van der Waals surface area (Å²) in [5.41, 5.74) is 1.06. The van der Waals surface area contributed by atoms with Crippen molar-refractivity contribution in [3.8, 4) is 0 Å². The van der Waals surface area contributed by atoms with Crippen LogP contribution in [0.2, 0.25) is 5.02 Å². The van der Waals surface area contributed by atoms with Gasteiger partial charge in [-0.05, 0) is 36.2 Å². The summed E-state index contributed by atoms with van der Waals surface area (Å²) in [5, 5.41) is 5.80. The number of benzene rings is 1. The van der Waals surface area contributed by atoms with Crippen LogP contribution in [0.4, 0.5) is 0 Å². The van der Waals surface area contributed by atoms with Crippen LogP contribution in [0, 0.1) is 0 Å². The Bertz CT molecular complexity index is 611. The number of hydrogen-bond acceptors (Lipinski definition) is 3. The SMILES string of the molecule is CCN(CC)C(CNC(=O)Cc1cccs1)c1ccccc1Cl. The van der Waals surface area contributed by atoms with Crippen LogP contribution in [-0.4, -0.2) is 30.4 Å². The van der Waals surface area contributed by atoms with Crippen molar-refractivity contribution in [3.05, 3.63) is 57.2 Å². The van der Waals surface area contributed by atoms with Crippen molar-refractivity contribution in [2.45, 2.75) is 26.3 Å². The van der Waals surface area contributed by atoms with Gasteiger partial charge in [0, 0.05) is 16.4 Å². The van der Waals surface area contributed by atoms with E-state index in [1.54, 1.807) is 11.3 Å². The Labute approximate surface area is 147 Å². The molecular weight excluding hydrogens is 328 g/mol. The van der Waals surface area contributed by atoms with Gasteiger partial charge in [-0.1, -0.05) is 49.7 Å². The zero-order chi connectivity index (χ0) is 16.7. The van der Waals surface area contributed by atoms with Gasteiger partial charge >= 0.3 is 0 Å². The molecule has 2 aromatic rings. The summed E-state index contributed by atoms with van der Waals surface area (Å²) in [7, 11) is 0. The van der Waals surface area contributed by atoms with Crippen LogP contribution in [-0.2, 0) is 11.2 Å². The van der Waals surface area contributed by atoms with Crippen molar-refractivity contribution in [3.63, 3.8) is 0 Å². The van der Waals surface area contributed by atoms with Crippen LogP contribution < -0.4 is 5.32 Å². The molecule has 124 valence electrons. The van der Waals surface area contributed by atoms with E-state index in [9.17, 15) is 4.79 Å². The fourth-order valence-corrected chi connectivity index (χ4v) is 3.66. The number of nitrogens with one attached hydrogen (secondary N) is 1. The predicted molar refractivity (Wildman–Crippen MR) is 98.1 cm³/mol. The van der Waals surface area contributed by atoms with Gasteiger partial charge in [-0.25, -0.2) is 0 Å². The highest BCUT2D eigenvalue weighted by Gasteiger charge is 2.21. The molecular formula is C18H23ClN2OS. The third kappa shape index (κ3) is 5.06. The predicted octanol–water partition coefficient (Wildman–Crippen LogP) is 4.14. The highest BCUT2D eigenvalue weighted by atomic mass is 35.5. The average molecular weight is 351 g/mol. The molecule has 0 aliphatic heterocycles. The van der Waals surface area contributed by atoms with Gasteiger partial charge < -0.3 is 5.32 Å². The number of nitrogens with zero attached hydrogens (tertiary/aromatic N) is 1. The highest BCUT2D eigenvalue weighted by molar-refractivity contribution is 7.10. The average Bonchev–Trinajstić information content (AvgIpc) is 3.05. The van der Waals surface area contributed by atoms with E-state index in [0.717, 1.165) is 28.6 Å². The number of carbonyl (C=O) groups excluding carboxylic acids is 1. The van der Waals surface area contributed by atoms with E-state index in [4.69, 9.17) is 11.6 Å². The number of rotatable bonds is 8. The molecule has 1 heterocycles. The largest absolute Gasteiger partial charge is 0.354 e. The standard InChI is InChI=1S/C18H23ClN2OS/c1-3-21(4-2)17(15-9-5-6-10-16(15)19)13-20-18(22)12-14-8-7-11-23-14/h5-11,17H,3-4,12-13H2,1-2H3,(H,20,22). The normalized spacial score (nSPS) is 12.3. The molecule has 23 heavy (non-hydrogen) atoms. The molecule has 0 saturated heterocycles. The van der Waals surface area contributed by atoms with Crippen LogP contribution in [0.3, 0.4) is 0 Å². The summed E-state index contributed by atoms with van der Waals surface area (Å²) >= 11 is 7.98. The molecule has 2 rings (SSSR count). The molecule has 5 heteroatoms. The van der Waals surface area contributed by atoms with E-state index in [2.05, 4.69) is 24.1 Å². The molecule has 0 spiro atoms. The number of halogens is 1. The first kappa shape index (κ1) is 18.0. The number of carbonyl (C=O) groups is 1. The quantitative estimate of drug-likeness (QED) is 0.775. The topological polar surface area (TPSA) is 32.3 Å². The molecule has 1 aromatic heterocycles. The zero-order valence-electron chi connectivity index (χ0n) is 13.6. The van der Waals surface area contributed by atoms with Gasteiger partial charge in [-0.2, -0.15) is 0 Å². The smallest absolute Gasteiger partial charge is 0.225 e. The Morgan fingerprint density at radius 2 is 1.96 bits per heavy atom. The lowest BCUT2D eigenvalue weighted by Crippen LogP contribution is -2.38. The lowest BCUT2D eigenvalue weighted by atomic mass is 10.0. The van der Waals surface area contributed by atoms with Gasteiger partial charge in [0.1, 0.15) is 0 Å². The molecule has 1 N–H and O–H groups in total. The molecule has 0 radical (unpaired) electrons. The minimum absolute atomic E-state index is 0.0525. The number of hydrogen-bond donors (Lipinski definition) is 1. The van der Waals surface area contributed by atoms with Gasteiger partial charge in [0.25, 0.3) is 0 Å². The Kier molecular flexibility index (Phi) is 7.09. The third-order valence-electron chi connectivity index (χ3n) is 3.92. The third-order valence-corrected chi connectivity index (χ3v) is 5.15. The summed E-state index contributed by atoms with van der Waals surface area (Å²) in [6, 6.07) is 11.9. The van der Waals surface area contributed by atoms with Crippen molar-refractivity contribution < 1.29 is 4.79 Å². The zero-order valence-corrected chi connectivity index (χ0v) is 15.2. The van der Waals surface area contributed by atoms with Crippen molar-refractivity contribution in [1.29, 1.82) is 0 Å². The summed E-state index contributed by atoms with van der Waals surface area (Å²) in [6.45, 7) is 6.64. The van der Waals surface area contributed by atoms with Gasteiger partial charge in [-0.3, -0.25) is 9.69 Å². The number of amides is 1. The molecule has 1 atom stereocenters. The molecule has 0 aliphatic carbocycles. The Balaban J connectivity index is 2.06. The van der Waals surface area contributed by atoms with Crippen molar-refractivity contribution >= 4 is 28.8 Å². The number of likely N-dealkylation sites (N-methyl/N-ethyl adjacent to an activating group) is 1. The van der Waals surface area contributed by atoms with Gasteiger partial charge in [0.15, 0.2) is 0 Å². The second-order valence-corrected chi connectivity index (χ2v) is 6.76. The molecule has 0 fully saturated rings. The van der Waals surface area contributed by atoms with Gasteiger partial charge in [0.2, 0.25) is 5.91 Å². The first-order valence-electron chi connectivity index (χ1n) is 7.93. The molecule has 0 saturated carbocycles. The molecule has 1 aromatic carbocycles. The first-order chi connectivity index (χ1) is 11.2. The van der Waals surface area contributed by atoms with E-state index >= 15 is 0 Å². The second-order valence-electron chi connectivity index (χ2n) is 5.32. The van der Waals surface area contributed by atoms with Crippen LogP contribution in [0.15, 0.2) is 41.8 Å². The Morgan fingerprint density at radius 1 is 1.22 bits per heavy atom. The summed E-state index contributed by atoms with van der Waals surface area (Å²) in [6.07, 6.45) is 0.436. The minimum atomic E-state index is 0.0525. The molecule has 1 unspecified atom stereocenters. The minimum Gasteiger partial charge on any atom is -0.354 e. The summed E-state index contributed by atoms with van der Waals surface area (Å²) < 4.78 is 0. The van der Waals surface area contributed by atoms with Gasteiger partial charge in [0.05, 0.1) is 12.5 Å². The molecule has 3 nitrogen and oxygen atoms in total. The van der Waals surface area contributed by atoms with Crippen LogP contribution in [0.25, 0.3) is 0 Å². The maximum atomic E-state index is 12.2. The molecule has 0 bridgehead atoms. The number of thiophene rings is 1. The van der Waals surface area contributed by atoms with E-state index < -0.39 is 0 Å². The Hall–Kier alpha value is -1.36. The van der Waals surface area contributed by atoms with Crippen LogP contribution >= 0.6 is 22.9 Å². The van der Waals surface area contributed by atoms with E-state index in [0.29, 0.717) is 13.0 Å². The summed E-state index contributed by atoms with van der Waals surface area (Å²) in [5.74, 6) is 0.0525. The fourth-order valence-electron chi connectivity index (χ4n) is 2.69. The maximum absolute atomic E-state index is 12.2. The maximum Gasteiger partial charge on any atom is 0.225 e. The van der Waals surface area contributed by atoms with Crippen LogP contribution in [0.5, 0.6) is 0 Å². The van der Waals surface area contributed by atoms with E-state index in [1.165, 1.54) is 0 Å². The van der Waals surface area contributed by atoms with E-state index in [1.807, 2.05) is 41.8 Å². The van der Waals surface area contributed by atoms with Gasteiger partial charge in [-0.15, -0.1) is 11.3 Å². The van der Waals surface area contributed by atoms with Crippen molar-refractivity contribution in [2.75, 3.05) is 19.6 Å². The summed E-state index contributed by atoms with van der Waals surface area (Å²) in [4.78, 5) is 15.6. The molecule has 0 aliphatic rings. The lowest BCUT2D eigenvalue weighted by molar-refractivity contribution is -0.120. The van der Waals surface area contributed by atoms with E-state index in [-0.39, 0.29) is 11.9 Å². The van der Waals surface area contributed by atoms with Crippen LogP contribution in [0.1, 0.15) is 30.3 Å². The fraction of sp³-hybridized carbons (Fsp3) is 0.389. The first-order valence-corrected chi connectivity index (χ1v) is 9.19.